The summed E-state index contributed by atoms with van der Waals surface area (Å²) in [5, 5.41) is 3.85. The Morgan fingerprint density at radius 3 is 2.61 bits per heavy atom. The van der Waals surface area contributed by atoms with Gasteiger partial charge in [0.15, 0.2) is 0 Å². The first-order valence-electron chi connectivity index (χ1n) is 8.11. The topological polar surface area (TPSA) is 15.3 Å². The molecule has 2 rings (SSSR count). The smallest absolute Gasteiger partial charge is 0.00953 e. The second kappa shape index (κ2) is 6.91. The fourth-order valence-corrected chi connectivity index (χ4v) is 3.64. The summed E-state index contributed by atoms with van der Waals surface area (Å²) in [6.07, 6.45) is 7.06. The number of likely N-dealkylation sites (tertiary alicyclic amines) is 1. The molecule has 1 aliphatic carbocycles. The lowest BCUT2D eigenvalue weighted by molar-refractivity contribution is 0.211. The van der Waals surface area contributed by atoms with Crippen molar-refractivity contribution in [2.45, 2.75) is 58.9 Å². The molecule has 0 aromatic heterocycles. The average molecular weight is 252 g/mol. The Balaban J connectivity index is 1.66. The van der Waals surface area contributed by atoms with E-state index in [9.17, 15) is 0 Å². The van der Waals surface area contributed by atoms with E-state index in [4.69, 9.17) is 0 Å². The minimum Gasteiger partial charge on any atom is -0.313 e. The lowest BCUT2D eigenvalue weighted by atomic mass is 9.80. The maximum atomic E-state index is 3.85. The fraction of sp³-hybridized carbons (Fsp3) is 1.00. The van der Waals surface area contributed by atoms with Crippen molar-refractivity contribution in [1.82, 2.24) is 10.2 Å². The van der Waals surface area contributed by atoms with Gasteiger partial charge in [-0.15, -0.1) is 0 Å². The van der Waals surface area contributed by atoms with Crippen molar-refractivity contribution >= 4 is 0 Å². The van der Waals surface area contributed by atoms with E-state index in [2.05, 4.69) is 31.0 Å². The Hall–Kier alpha value is -0.0800. The molecule has 0 aromatic carbocycles. The van der Waals surface area contributed by atoms with Crippen molar-refractivity contribution in [3.63, 3.8) is 0 Å². The second-order valence-corrected chi connectivity index (χ2v) is 7.02. The monoisotopic (exact) mass is 252 g/mol. The summed E-state index contributed by atoms with van der Waals surface area (Å²) >= 11 is 0. The molecule has 2 nitrogen and oxygen atoms in total. The van der Waals surface area contributed by atoms with Gasteiger partial charge in [0, 0.05) is 12.6 Å². The minimum atomic E-state index is 0.773. The van der Waals surface area contributed by atoms with E-state index in [0.717, 1.165) is 23.8 Å². The van der Waals surface area contributed by atoms with Crippen LogP contribution in [0.2, 0.25) is 0 Å². The molecule has 0 bridgehead atoms. The molecule has 1 saturated carbocycles. The summed E-state index contributed by atoms with van der Waals surface area (Å²) in [5.41, 5.74) is 0. The predicted octanol–water partition coefficient (Wildman–Crippen LogP) is 3.13. The van der Waals surface area contributed by atoms with Gasteiger partial charge < -0.3 is 10.2 Å². The molecular formula is C16H32N2. The molecule has 2 fully saturated rings. The largest absolute Gasteiger partial charge is 0.313 e. The van der Waals surface area contributed by atoms with Gasteiger partial charge in [-0.3, -0.25) is 0 Å². The summed E-state index contributed by atoms with van der Waals surface area (Å²) in [6, 6.07) is 0.773. The van der Waals surface area contributed by atoms with Crippen LogP contribution in [0.25, 0.3) is 0 Å². The molecule has 1 saturated heterocycles. The van der Waals surface area contributed by atoms with Crippen LogP contribution in [0.4, 0.5) is 0 Å². The lowest BCUT2D eigenvalue weighted by Gasteiger charge is -2.34. The Labute approximate surface area is 114 Å². The first kappa shape index (κ1) is 14.3. The zero-order chi connectivity index (χ0) is 13.0. The van der Waals surface area contributed by atoms with Gasteiger partial charge in [0.05, 0.1) is 0 Å². The third-order valence-corrected chi connectivity index (χ3v) is 4.96. The number of nitrogens with one attached hydrogen (secondary N) is 1. The number of nitrogens with zero attached hydrogens (tertiary/aromatic N) is 1. The second-order valence-electron chi connectivity index (χ2n) is 7.02. The molecule has 4 atom stereocenters. The van der Waals surface area contributed by atoms with Gasteiger partial charge in [-0.2, -0.15) is 0 Å². The molecule has 106 valence electrons. The van der Waals surface area contributed by atoms with Crippen LogP contribution in [0.5, 0.6) is 0 Å². The molecular weight excluding hydrogens is 220 g/mol. The summed E-state index contributed by atoms with van der Waals surface area (Å²) in [4.78, 5) is 2.64. The van der Waals surface area contributed by atoms with E-state index < -0.39 is 0 Å². The first-order valence-corrected chi connectivity index (χ1v) is 8.11. The van der Waals surface area contributed by atoms with Gasteiger partial charge in [-0.25, -0.2) is 0 Å². The molecule has 1 heterocycles. The molecule has 0 spiro atoms. The molecule has 18 heavy (non-hydrogen) atoms. The minimum absolute atomic E-state index is 0.773. The van der Waals surface area contributed by atoms with E-state index in [0.29, 0.717) is 0 Å². The van der Waals surface area contributed by atoms with Crippen molar-refractivity contribution in [3.05, 3.63) is 0 Å². The highest BCUT2D eigenvalue weighted by molar-refractivity contribution is 4.82. The Bertz CT molecular complexity index is 235. The standard InChI is InChI=1S/C16H32N2/c1-13-6-7-15(3)16(10-13)17-11-14(2)12-18-8-4-5-9-18/h13-17H,4-12H2,1-3H3. The molecule has 0 aromatic rings. The van der Waals surface area contributed by atoms with E-state index in [1.807, 2.05) is 0 Å². The normalized spacial score (nSPS) is 35.8. The van der Waals surface area contributed by atoms with Crippen molar-refractivity contribution in [3.8, 4) is 0 Å². The van der Waals surface area contributed by atoms with Crippen LogP contribution in [0.1, 0.15) is 52.9 Å². The van der Waals surface area contributed by atoms with Gasteiger partial charge in [0.2, 0.25) is 0 Å². The van der Waals surface area contributed by atoms with Gasteiger partial charge >= 0.3 is 0 Å². The average Bonchev–Trinajstić information content (AvgIpc) is 2.83. The van der Waals surface area contributed by atoms with Crippen LogP contribution in [-0.2, 0) is 0 Å². The van der Waals surface area contributed by atoms with Crippen molar-refractivity contribution in [2.75, 3.05) is 26.2 Å². The van der Waals surface area contributed by atoms with Crippen LogP contribution in [0.3, 0.4) is 0 Å². The van der Waals surface area contributed by atoms with Crippen molar-refractivity contribution in [2.24, 2.45) is 17.8 Å². The van der Waals surface area contributed by atoms with Gasteiger partial charge in [0.25, 0.3) is 0 Å². The zero-order valence-corrected chi connectivity index (χ0v) is 12.6. The third kappa shape index (κ3) is 4.24. The number of rotatable bonds is 5. The van der Waals surface area contributed by atoms with Crippen molar-refractivity contribution in [1.29, 1.82) is 0 Å². The van der Waals surface area contributed by atoms with Crippen LogP contribution < -0.4 is 5.32 Å². The van der Waals surface area contributed by atoms with Crippen LogP contribution in [0.15, 0.2) is 0 Å². The van der Waals surface area contributed by atoms with Crippen LogP contribution >= 0.6 is 0 Å². The molecule has 2 heteroatoms. The number of hydrogen-bond donors (Lipinski definition) is 1. The Morgan fingerprint density at radius 2 is 1.89 bits per heavy atom. The van der Waals surface area contributed by atoms with E-state index >= 15 is 0 Å². The van der Waals surface area contributed by atoms with E-state index in [1.165, 1.54) is 58.3 Å². The highest BCUT2D eigenvalue weighted by Crippen LogP contribution is 2.28. The summed E-state index contributed by atoms with van der Waals surface area (Å²) in [7, 11) is 0. The highest BCUT2D eigenvalue weighted by Gasteiger charge is 2.25. The molecule has 2 aliphatic rings. The van der Waals surface area contributed by atoms with Crippen LogP contribution in [0, 0.1) is 17.8 Å². The molecule has 1 aliphatic heterocycles. The summed E-state index contributed by atoms with van der Waals surface area (Å²) < 4.78 is 0. The fourth-order valence-electron chi connectivity index (χ4n) is 3.64. The predicted molar refractivity (Wildman–Crippen MR) is 78.8 cm³/mol. The van der Waals surface area contributed by atoms with Crippen LogP contribution in [-0.4, -0.2) is 37.1 Å². The zero-order valence-electron chi connectivity index (χ0n) is 12.6. The lowest BCUT2D eigenvalue weighted by Crippen LogP contribution is -2.42. The Kier molecular flexibility index (Phi) is 5.50. The van der Waals surface area contributed by atoms with Crippen molar-refractivity contribution < 1.29 is 0 Å². The number of hydrogen-bond acceptors (Lipinski definition) is 2. The SMILES string of the molecule is CC1CCC(C)C(NCC(C)CN2CCCC2)C1. The molecule has 0 radical (unpaired) electrons. The maximum Gasteiger partial charge on any atom is 0.00953 e. The van der Waals surface area contributed by atoms with Gasteiger partial charge in [0.1, 0.15) is 0 Å². The Morgan fingerprint density at radius 1 is 1.17 bits per heavy atom. The summed E-state index contributed by atoms with van der Waals surface area (Å²) in [6.45, 7) is 12.4. The van der Waals surface area contributed by atoms with E-state index in [-0.39, 0.29) is 0 Å². The third-order valence-electron chi connectivity index (χ3n) is 4.96. The summed E-state index contributed by atoms with van der Waals surface area (Å²) in [5.74, 6) is 2.60. The van der Waals surface area contributed by atoms with Gasteiger partial charge in [-0.1, -0.05) is 27.2 Å². The molecule has 4 unspecified atom stereocenters. The molecule has 1 N–H and O–H groups in total. The molecule has 0 amide bonds. The van der Waals surface area contributed by atoms with Gasteiger partial charge in [-0.05, 0) is 63.1 Å². The maximum absolute atomic E-state index is 3.85. The quantitative estimate of drug-likeness (QED) is 0.809. The first-order chi connectivity index (χ1) is 8.65. The highest BCUT2D eigenvalue weighted by atomic mass is 15.1. The van der Waals surface area contributed by atoms with E-state index in [1.54, 1.807) is 0 Å².